The molecule has 0 bridgehead atoms. The number of rotatable bonds is 4. The SMILES string of the molecule is CSCC(C)Nc1ncc(Cl)cc1Br. The van der Waals surface area contributed by atoms with E-state index in [9.17, 15) is 0 Å². The van der Waals surface area contributed by atoms with Crippen LogP contribution in [0.2, 0.25) is 5.02 Å². The van der Waals surface area contributed by atoms with Gasteiger partial charge in [0.25, 0.3) is 0 Å². The molecule has 0 aliphatic rings. The Morgan fingerprint density at radius 1 is 1.71 bits per heavy atom. The molecule has 2 nitrogen and oxygen atoms in total. The highest BCUT2D eigenvalue weighted by atomic mass is 79.9. The number of pyridine rings is 1. The zero-order valence-electron chi connectivity index (χ0n) is 8.05. The molecule has 0 aliphatic heterocycles. The van der Waals surface area contributed by atoms with Gasteiger partial charge in [0.15, 0.2) is 0 Å². The molecule has 0 aliphatic carbocycles. The van der Waals surface area contributed by atoms with Crippen molar-refractivity contribution < 1.29 is 0 Å². The third-order valence-corrected chi connectivity index (χ3v) is 3.25. The molecule has 1 unspecified atom stereocenters. The highest BCUT2D eigenvalue weighted by Gasteiger charge is 2.05. The summed E-state index contributed by atoms with van der Waals surface area (Å²) < 4.78 is 0.901. The van der Waals surface area contributed by atoms with Crippen LogP contribution in [0.3, 0.4) is 0 Å². The molecule has 0 aromatic carbocycles. The van der Waals surface area contributed by atoms with E-state index in [4.69, 9.17) is 11.6 Å². The average Bonchev–Trinajstić information content (AvgIpc) is 2.10. The maximum Gasteiger partial charge on any atom is 0.140 e. The third kappa shape index (κ3) is 3.67. The fraction of sp³-hybridized carbons (Fsp3) is 0.444. The molecule has 78 valence electrons. The lowest BCUT2D eigenvalue weighted by Gasteiger charge is -2.14. The predicted molar refractivity (Wildman–Crippen MR) is 68.4 cm³/mol. The van der Waals surface area contributed by atoms with E-state index < -0.39 is 0 Å². The van der Waals surface area contributed by atoms with Crippen molar-refractivity contribution in [3.63, 3.8) is 0 Å². The summed E-state index contributed by atoms with van der Waals surface area (Å²) >= 11 is 11.0. The Labute approximate surface area is 102 Å². The summed E-state index contributed by atoms with van der Waals surface area (Å²) in [7, 11) is 0. The lowest BCUT2D eigenvalue weighted by atomic mass is 10.3. The van der Waals surface area contributed by atoms with Gasteiger partial charge >= 0.3 is 0 Å². The first-order chi connectivity index (χ1) is 6.63. The Morgan fingerprint density at radius 2 is 2.43 bits per heavy atom. The van der Waals surface area contributed by atoms with Crippen molar-refractivity contribution in [3.8, 4) is 0 Å². The van der Waals surface area contributed by atoms with Crippen molar-refractivity contribution in [2.24, 2.45) is 0 Å². The largest absolute Gasteiger partial charge is 0.366 e. The minimum absolute atomic E-state index is 0.398. The molecular formula is C9H12BrClN2S. The Bertz CT molecular complexity index is 309. The maximum atomic E-state index is 5.79. The van der Waals surface area contributed by atoms with Crippen LogP contribution in [0.4, 0.5) is 5.82 Å². The number of thioether (sulfide) groups is 1. The van der Waals surface area contributed by atoms with Crippen molar-refractivity contribution >= 4 is 45.1 Å². The van der Waals surface area contributed by atoms with Crippen LogP contribution in [-0.4, -0.2) is 23.0 Å². The van der Waals surface area contributed by atoms with Crippen LogP contribution in [-0.2, 0) is 0 Å². The first-order valence-corrected chi connectivity index (χ1v) is 6.76. The third-order valence-electron chi connectivity index (χ3n) is 1.61. The summed E-state index contributed by atoms with van der Waals surface area (Å²) in [5, 5.41) is 3.94. The fourth-order valence-corrected chi connectivity index (χ4v) is 2.38. The second kappa shape index (κ2) is 5.83. The second-order valence-corrected chi connectivity index (χ2v) is 5.19. The molecular weight excluding hydrogens is 284 g/mol. The van der Waals surface area contributed by atoms with Crippen molar-refractivity contribution in [1.29, 1.82) is 0 Å². The van der Waals surface area contributed by atoms with Gasteiger partial charge in [-0.1, -0.05) is 11.6 Å². The van der Waals surface area contributed by atoms with E-state index in [0.717, 1.165) is 16.0 Å². The van der Waals surface area contributed by atoms with E-state index in [1.165, 1.54) is 0 Å². The Kier molecular flexibility index (Phi) is 5.06. The molecule has 1 atom stereocenters. The van der Waals surface area contributed by atoms with Gasteiger partial charge in [-0.3, -0.25) is 0 Å². The predicted octanol–water partition coefficient (Wildman–Crippen LogP) is 3.66. The molecule has 0 saturated heterocycles. The van der Waals surface area contributed by atoms with Crippen molar-refractivity contribution in [1.82, 2.24) is 4.98 Å². The highest BCUT2D eigenvalue weighted by molar-refractivity contribution is 9.10. The number of halogens is 2. The topological polar surface area (TPSA) is 24.9 Å². The van der Waals surface area contributed by atoms with Gasteiger partial charge in [0, 0.05) is 18.0 Å². The zero-order valence-corrected chi connectivity index (χ0v) is 11.2. The molecule has 14 heavy (non-hydrogen) atoms. The van der Waals surface area contributed by atoms with E-state index in [-0.39, 0.29) is 0 Å². The van der Waals surface area contributed by atoms with Gasteiger partial charge in [-0.2, -0.15) is 11.8 Å². The molecule has 0 radical (unpaired) electrons. The number of nitrogens with one attached hydrogen (secondary N) is 1. The van der Waals surface area contributed by atoms with Crippen LogP contribution in [0.1, 0.15) is 6.92 Å². The summed E-state index contributed by atoms with van der Waals surface area (Å²) in [6, 6.07) is 2.23. The molecule has 1 aromatic heterocycles. The lowest BCUT2D eigenvalue weighted by Crippen LogP contribution is -2.18. The van der Waals surface area contributed by atoms with E-state index in [0.29, 0.717) is 11.1 Å². The molecule has 1 heterocycles. The van der Waals surface area contributed by atoms with Crippen molar-refractivity contribution in [2.45, 2.75) is 13.0 Å². The monoisotopic (exact) mass is 294 g/mol. The van der Waals surface area contributed by atoms with Gasteiger partial charge in [-0.15, -0.1) is 0 Å². The summed E-state index contributed by atoms with van der Waals surface area (Å²) in [5.74, 6) is 1.90. The van der Waals surface area contributed by atoms with Crippen LogP contribution in [0, 0.1) is 0 Å². The first kappa shape index (κ1) is 12.1. The quantitative estimate of drug-likeness (QED) is 0.917. The van der Waals surface area contributed by atoms with E-state index >= 15 is 0 Å². The molecule has 0 spiro atoms. The number of hydrogen-bond donors (Lipinski definition) is 1. The van der Waals surface area contributed by atoms with Gasteiger partial charge in [-0.25, -0.2) is 4.98 Å². The van der Waals surface area contributed by atoms with Crippen molar-refractivity contribution in [2.75, 3.05) is 17.3 Å². The Morgan fingerprint density at radius 3 is 3.00 bits per heavy atom. The average molecular weight is 296 g/mol. The Hall–Kier alpha value is 0.0700. The highest BCUT2D eigenvalue weighted by Crippen LogP contribution is 2.23. The molecule has 1 rings (SSSR count). The van der Waals surface area contributed by atoms with E-state index in [1.54, 1.807) is 18.0 Å². The van der Waals surface area contributed by atoms with Gasteiger partial charge in [0.2, 0.25) is 0 Å². The van der Waals surface area contributed by atoms with Gasteiger partial charge in [0.05, 0.1) is 9.50 Å². The summed E-state index contributed by atoms with van der Waals surface area (Å²) in [4.78, 5) is 4.20. The summed E-state index contributed by atoms with van der Waals surface area (Å²) in [6.07, 6.45) is 3.73. The van der Waals surface area contributed by atoms with Gasteiger partial charge < -0.3 is 5.32 Å². The van der Waals surface area contributed by atoms with Crippen LogP contribution in [0.15, 0.2) is 16.7 Å². The number of aromatic nitrogens is 1. The minimum atomic E-state index is 0.398. The van der Waals surface area contributed by atoms with Crippen LogP contribution in [0.25, 0.3) is 0 Å². The number of anilines is 1. The summed E-state index contributed by atoms with van der Waals surface area (Å²) in [6.45, 7) is 2.12. The minimum Gasteiger partial charge on any atom is -0.366 e. The molecule has 0 amide bonds. The van der Waals surface area contributed by atoms with Crippen LogP contribution in [0.5, 0.6) is 0 Å². The summed E-state index contributed by atoms with van der Waals surface area (Å²) in [5.41, 5.74) is 0. The first-order valence-electron chi connectivity index (χ1n) is 4.20. The van der Waals surface area contributed by atoms with Gasteiger partial charge in [0.1, 0.15) is 5.82 Å². The molecule has 0 fully saturated rings. The second-order valence-electron chi connectivity index (χ2n) is 2.98. The smallest absolute Gasteiger partial charge is 0.140 e. The van der Waals surface area contributed by atoms with Crippen LogP contribution >= 0.6 is 39.3 Å². The number of hydrogen-bond acceptors (Lipinski definition) is 3. The van der Waals surface area contributed by atoms with Crippen molar-refractivity contribution in [3.05, 3.63) is 21.8 Å². The van der Waals surface area contributed by atoms with Crippen LogP contribution < -0.4 is 5.32 Å². The number of nitrogens with zero attached hydrogens (tertiary/aromatic N) is 1. The maximum absolute atomic E-state index is 5.79. The van der Waals surface area contributed by atoms with E-state index in [2.05, 4.69) is 39.4 Å². The standard InChI is InChI=1S/C9H12BrClN2S/c1-6(5-14-2)13-9-8(10)3-7(11)4-12-9/h3-4,6H,5H2,1-2H3,(H,12,13). The molecule has 1 N–H and O–H groups in total. The molecule has 5 heteroatoms. The lowest BCUT2D eigenvalue weighted by molar-refractivity contribution is 0.901. The van der Waals surface area contributed by atoms with Gasteiger partial charge in [-0.05, 0) is 35.2 Å². The van der Waals surface area contributed by atoms with E-state index in [1.807, 2.05) is 6.07 Å². The molecule has 0 saturated carbocycles. The normalized spacial score (nSPS) is 12.6. The zero-order chi connectivity index (χ0) is 10.6. The fourth-order valence-electron chi connectivity index (χ4n) is 1.05. The Balaban J connectivity index is 2.67. The molecule has 1 aromatic rings.